The minimum atomic E-state index is -5.08. The Balaban J connectivity index is 1.24. The van der Waals surface area contributed by atoms with Gasteiger partial charge in [0.1, 0.15) is 42.0 Å². The molecule has 0 heterocycles. The number of azo groups is 1. The standard InChI is InChI=1S/C38H28N8O18S5/c47-31-15-12-26(65(50,51)52)20-30(31)45-44-29-14-16-32(48)37(38(29)49)46-41-24-10-8-22(35(18-24)68(59,60)61)6-5-21-7-9-23(17-34(21)67(56,57)58)39-40-25-11-13-28(36(19-25)69(62,63)64)43-42-27-3-1-2-4-33(27)66(53,54)55/h1-20,39-41H,(H,50,51,52)(H,53,54,55)(H,56,57,58)(H,59,60,61)(H,62,63,64)/b6-5+,43-42?,44-29?,45-30?,46-37-. The van der Waals surface area contributed by atoms with Crippen molar-refractivity contribution in [2.45, 2.75) is 19.6 Å². The summed E-state index contributed by atoms with van der Waals surface area (Å²) in [5.41, 5.74) is 2.98. The van der Waals surface area contributed by atoms with Gasteiger partial charge in [0.2, 0.25) is 16.6 Å². The monoisotopic (exact) mass is 1040 g/mol. The number of carbonyl (C=O) groups excluding carboxylic acids is 1. The summed E-state index contributed by atoms with van der Waals surface area (Å²) in [6.07, 6.45) is 4.35. The van der Waals surface area contributed by atoms with Crippen molar-refractivity contribution in [3.63, 3.8) is 0 Å². The third-order valence-corrected chi connectivity index (χ3v) is 13.3. The molecule has 0 saturated heterocycles. The van der Waals surface area contributed by atoms with Gasteiger partial charge in [-0.15, -0.1) is 20.4 Å². The highest BCUT2D eigenvalue weighted by atomic mass is 32.2. The molecule has 5 aromatic carbocycles. The van der Waals surface area contributed by atoms with Crippen LogP contribution >= 0.6 is 0 Å². The number of benzene rings is 5. The van der Waals surface area contributed by atoms with E-state index in [0.29, 0.717) is 6.08 Å². The van der Waals surface area contributed by atoms with Crippen LogP contribution in [-0.2, 0) is 55.4 Å². The van der Waals surface area contributed by atoms with Gasteiger partial charge in [-0.2, -0.15) is 47.2 Å². The van der Waals surface area contributed by atoms with Crippen LogP contribution in [0.1, 0.15) is 11.1 Å². The van der Waals surface area contributed by atoms with Crippen LogP contribution in [0.5, 0.6) is 0 Å². The van der Waals surface area contributed by atoms with Crippen LogP contribution in [0.15, 0.2) is 169 Å². The quantitative estimate of drug-likeness (QED) is 0.0245. The lowest BCUT2D eigenvalue weighted by Crippen LogP contribution is -2.47. The minimum Gasteiger partial charge on any atom is -0.301 e. The van der Waals surface area contributed by atoms with Gasteiger partial charge >= 0.3 is 0 Å². The van der Waals surface area contributed by atoms with Gasteiger partial charge in [-0.25, -0.2) is 0 Å². The smallest absolute Gasteiger partial charge is 0.296 e. The number of nitrogens with one attached hydrogen (secondary N) is 3. The van der Waals surface area contributed by atoms with Gasteiger partial charge in [-0.05, 0) is 96.1 Å². The number of nitrogens with zero attached hydrogens (tertiary/aromatic N) is 5. The van der Waals surface area contributed by atoms with Crippen LogP contribution < -0.4 is 37.8 Å². The molecule has 0 unspecified atom stereocenters. The zero-order chi connectivity index (χ0) is 50.7. The average Bonchev–Trinajstić information content (AvgIpc) is 3.26. The largest absolute Gasteiger partial charge is 0.301 e. The van der Waals surface area contributed by atoms with E-state index in [1.807, 2.05) is 0 Å². The Hall–Kier alpha value is -7.59. The van der Waals surface area contributed by atoms with E-state index in [4.69, 9.17) is 0 Å². The van der Waals surface area contributed by atoms with Gasteiger partial charge in [0.15, 0.2) is 5.36 Å². The Bertz CT molecular complexity index is 3980. The van der Waals surface area contributed by atoms with Gasteiger partial charge in [-0.3, -0.25) is 42.6 Å². The fourth-order valence-corrected chi connectivity index (χ4v) is 8.89. The fourth-order valence-electron chi connectivity index (χ4n) is 5.70. The normalized spacial score (nSPS) is 15.0. The summed E-state index contributed by atoms with van der Waals surface area (Å²) in [5.74, 6) is -0.837. The zero-order valence-corrected chi connectivity index (χ0v) is 38.0. The average molecular weight is 1050 g/mol. The highest BCUT2D eigenvalue weighted by Gasteiger charge is 2.22. The van der Waals surface area contributed by atoms with Crippen molar-refractivity contribution >= 4 is 103 Å². The van der Waals surface area contributed by atoms with Crippen molar-refractivity contribution in [3.05, 3.63) is 156 Å². The van der Waals surface area contributed by atoms with Crippen molar-refractivity contribution in [2.24, 2.45) is 25.5 Å². The van der Waals surface area contributed by atoms with Crippen molar-refractivity contribution in [2.75, 3.05) is 16.3 Å². The number of carbonyl (C=O) groups is 1. The van der Waals surface area contributed by atoms with E-state index in [1.54, 1.807) is 0 Å². The summed E-state index contributed by atoms with van der Waals surface area (Å²) in [7, 11) is -24.6. The highest BCUT2D eigenvalue weighted by Crippen LogP contribution is 2.32. The first kappa shape index (κ1) is 50.8. The molecule has 0 atom stereocenters. The molecule has 6 rings (SSSR count). The molecule has 31 heteroatoms. The predicted octanol–water partition coefficient (Wildman–Crippen LogP) is 2.39. The number of hydrazine groups is 1. The third kappa shape index (κ3) is 12.7. The number of hydrogen-bond acceptors (Lipinski definition) is 21. The number of rotatable bonds is 15. The molecule has 26 nitrogen and oxygen atoms in total. The van der Waals surface area contributed by atoms with Gasteiger partial charge in [0.25, 0.3) is 50.6 Å². The predicted molar refractivity (Wildman–Crippen MR) is 243 cm³/mol. The van der Waals surface area contributed by atoms with Gasteiger partial charge in [0, 0.05) is 0 Å². The van der Waals surface area contributed by atoms with Crippen LogP contribution in [0.25, 0.3) is 12.2 Å². The molecule has 0 bridgehead atoms. The van der Waals surface area contributed by atoms with E-state index in [2.05, 4.69) is 41.8 Å². The van der Waals surface area contributed by atoms with Gasteiger partial charge in [0.05, 0.1) is 22.0 Å². The van der Waals surface area contributed by atoms with E-state index in [-0.39, 0.29) is 33.9 Å². The summed E-state index contributed by atoms with van der Waals surface area (Å²) in [6.45, 7) is 0. The van der Waals surface area contributed by atoms with Crippen molar-refractivity contribution < 1.29 is 69.6 Å². The second-order valence-corrected chi connectivity index (χ2v) is 20.6. The Kier molecular flexibility index (Phi) is 14.4. The van der Waals surface area contributed by atoms with Gasteiger partial charge < -0.3 is 10.9 Å². The Morgan fingerprint density at radius 1 is 0.493 bits per heavy atom. The van der Waals surface area contributed by atoms with Crippen molar-refractivity contribution in [1.29, 1.82) is 0 Å². The zero-order valence-electron chi connectivity index (χ0n) is 33.9. The number of ketones is 1. The molecule has 0 aromatic heterocycles. The Labute approximate surface area is 388 Å². The van der Waals surface area contributed by atoms with Crippen molar-refractivity contribution in [1.82, 2.24) is 0 Å². The SMILES string of the molecule is O=C1C=CC(S(=O)(=O)O)=CC1=NN=c1ccc(=O)/c(=N/Nc2ccc(/C=C/c3ccc(NNc4ccc(N=Nc5ccccc5S(=O)(=O)O)c(S(=O)(=O)O)c4)cc3S(=O)(=O)O)c(S(=O)(=O)O)c2)c1=O. The summed E-state index contributed by atoms with van der Waals surface area (Å²) in [5, 5.41) is 16.8. The first-order valence-electron chi connectivity index (χ1n) is 18.3. The fraction of sp³-hybridized carbons (Fsp3) is 0. The van der Waals surface area contributed by atoms with Crippen LogP contribution in [0, 0.1) is 0 Å². The molecule has 0 aliphatic heterocycles. The lowest BCUT2D eigenvalue weighted by molar-refractivity contribution is -0.108. The molecule has 0 saturated carbocycles. The summed E-state index contributed by atoms with van der Waals surface area (Å²) >= 11 is 0. The first-order chi connectivity index (χ1) is 32.1. The maximum absolute atomic E-state index is 13.0. The Morgan fingerprint density at radius 2 is 1.00 bits per heavy atom. The summed E-state index contributed by atoms with van der Waals surface area (Å²) in [6, 6.07) is 16.1. The third-order valence-electron chi connectivity index (χ3n) is 8.89. The highest BCUT2D eigenvalue weighted by molar-refractivity contribution is 7.90. The lowest BCUT2D eigenvalue weighted by Gasteiger charge is -2.13. The second kappa shape index (κ2) is 19.6. The molecule has 69 heavy (non-hydrogen) atoms. The second-order valence-electron chi connectivity index (χ2n) is 13.6. The van der Waals surface area contributed by atoms with E-state index in [9.17, 15) is 79.2 Å². The summed E-state index contributed by atoms with van der Waals surface area (Å²) in [4.78, 5) is 34.0. The topological polar surface area (TPSA) is 421 Å². The first-order valence-corrected chi connectivity index (χ1v) is 25.5. The number of allylic oxidation sites excluding steroid dienone is 3. The molecule has 0 fully saturated rings. The maximum Gasteiger partial charge on any atom is 0.296 e. The molecular formula is C38H28N8O18S5. The van der Waals surface area contributed by atoms with E-state index in [1.165, 1.54) is 30.3 Å². The molecule has 5 aromatic rings. The summed E-state index contributed by atoms with van der Waals surface area (Å²) < 4.78 is 169. The van der Waals surface area contributed by atoms with Crippen LogP contribution in [0.4, 0.5) is 28.4 Å². The molecule has 8 N–H and O–H groups in total. The van der Waals surface area contributed by atoms with E-state index >= 15 is 0 Å². The molecule has 1 aliphatic rings. The van der Waals surface area contributed by atoms with Crippen LogP contribution in [0.2, 0.25) is 0 Å². The van der Waals surface area contributed by atoms with Crippen LogP contribution in [0.3, 0.4) is 0 Å². The van der Waals surface area contributed by atoms with E-state index in [0.717, 1.165) is 85.0 Å². The molecule has 1 aliphatic carbocycles. The molecule has 358 valence electrons. The molecular weight excluding hydrogens is 1020 g/mol. The Morgan fingerprint density at radius 3 is 1.57 bits per heavy atom. The molecule has 0 radical (unpaired) electrons. The number of hydrogen-bond donors (Lipinski definition) is 8. The minimum absolute atomic E-state index is 0.0744. The van der Waals surface area contributed by atoms with Crippen molar-refractivity contribution in [3.8, 4) is 0 Å². The molecule has 0 spiro atoms. The maximum atomic E-state index is 13.0. The van der Waals surface area contributed by atoms with Gasteiger partial charge in [-0.1, -0.05) is 36.4 Å². The van der Waals surface area contributed by atoms with E-state index < -0.39 is 114 Å². The van der Waals surface area contributed by atoms with Crippen LogP contribution in [-0.4, -0.2) is 76.3 Å². The molecule has 0 amide bonds. The lowest BCUT2D eigenvalue weighted by atomic mass is 10.1. The number of anilines is 3.